The molecule has 0 aliphatic heterocycles. The molecule has 2 rings (SSSR count). The molecule has 0 fully saturated rings. The van der Waals surface area contributed by atoms with Crippen LogP contribution in [-0.2, 0) is 11.3 Å². The molecular formula is C12H15N5O2. The van der Waals surface area contributed by atoms with Crippen LogP contribution in [0, 0.1) is 0 Å². The molecule has 0 atom stereocenters. The molecule has 3 N–H and O–H groups in total. The molecule has 2 aromatic heterocycles. The van der Waals surface area contributed by atoms with Gasteiger partial charge in [0, 0.05) is 18.9 Å². The molecule has 0 aromatic carbocycles. The van der Waals surface area contributed by atoms with Gasteiger partial charge in [-0.1, -0.05) is 0 Å². The minimum Gasteiger partial charge on any atom is -0.464 e. The maximum Gasteiger partial charge on any atom is 0.356 e. The van der Waals surface area contributed by atoms with E-state index in [1.807, 2.05) is 12.3 Å². The van der Waals surface area contributed by atoms with E-state index in [-0.39, 0.29) is 5.69 Å². The van der Waals surface area contributed by atoms with E-state index in [2.05, 4.69) is 20.1 Å². The van der Waals surface area contributed by atoms with Gasteiger partial charge in [0.2, 0.25) is 0 Å². The standard InChI is InChI=1S/C12H15N5O2/c1-19-12(18)10-4-3-9(13)11(16-10)14-6-8-17-7-2-5-15-17/h2-5,7H,6,8,13H2,1H3,(H,14,16). The molecule has 0 saturated heterocycles. The first-order chi connectivity index (χ1) is 9.20. The predicted octanol–water partition coefficient (Wildman–Crippen LogP) is 0.759. The zero-order chi connectivity index (χ0) is 13.7. The van der Waals surface area contributed by atoms with E-state index in [9.17, 15) is 4.79 Å². The largest absolute Gasteiger partial charge is 0.464 e. The molecule has 100 valence electrons. The Morgan fingerprint density at radius 2 is 2.37 bits per heavy atom. The average molecular weight is 261 g/mol. The van der Waals surface area contributed by atoms with Crippen molar-refractivity contribution in [1.29, 1.82) is 0 Å². The number of hydrogen-bond donors (Lipinski definition) is 2. The highest BCUT2D eigenvalue weighted by molar-refractivity contribution is 5.88. The minimum atomic E-state index is -0.491. The minimum absolute atomic E-state index is 0.221. The molecule has 0 spiro atoms. The van der Waals surface area contributed by atoms with Gasteiger partial charge < -0.3 is 15.8 Å². The smallest absolute Gasteiger partial charge is 0.356 e. The highest BCUT2D eigenvalue weighted by atomic mass is 16.5. The molecule has 0 aliphatic carbocycles. The zero-order valence-electron chi connectivity index (χ0n) is 10.5. The van der Waals surface area contributed by atoms with Crippen molar-refractivity contribution in [2.24, 2.45) is 0 Å². The van der Waals surface area contributed by atoms with Crippen LogP contribution >= 0.6 is 0 Å². The van der Waals surface area contributed by atoms with Crippen LogP contribution in [-0.4, -0.2) is 34.4 Å². The van der Waals surface area contributed by atoms with Gasteiger partial charge >= 0.3 is 5.97 Å². The van der Waals surface area contributed by atoms with Crippen molar-refractivity contribution in [1.82, 2.24) is 14.8 Å². The summed E-state index contributed by atoms with van der Waals surface area (Å²) in [7, 11) is 1.31. The Morgan fingerprint density at radius 1 is 1.53 bits per heavy atom. The van der Waals surface area contributed by atoms with E-state index in [0.29, 0.717) is 24.6 Å². The summed E-state index contributed by atoms with van der Waals surface area (Å²) in [5, 5.41) is 7.15. The fraction of sp³-hybridized carbons (Fsp3) is 0.250. The van der Waals surface area contributed by atoms with Gasteiger partial charge in [-0.2, -0.15) is 5.10 Å². The number of anilines is 2. The number of nitrogens with zero attached hydrogens (tertiary/aromatic N) is 3. The van der Waals surface area contributed by atoms with Gasteiger partial charge in [-0.3, -0.25) is 4.68 Å². The lowest BCUT2D eigenvalue weighted by molar-refractivity contribution is 0.0594. The number of nitrogens with one attached hydrogen (secondary N) is 1. The summed E-state index contributed by atoms with van der Waals surface area (Å²) < 4.78 is 6.40. The third-order valence-electron chi connectivity index (χ3n) is 2.51. The van der Waals surface area contributed by atoms with Gasteiger partial charge in [-0.05, 0) is 18.2 Å². The summed E-state index contributed by atoms with van der Waals surface area (Å²) in [6.07, 6.45) is 3.58. The number of nitrogen functional groups attached to an aromatic ring is 1. The van der Waals surface area contributed by atoms with Crippen LogP contribution in [0.25, 0.3) is 0 Å². The Hall–Kier alpha value is -2.57. The van der Waals surface area contributed by atoms with E-state index in [4.69, 9.17) is 5.73 Å². The first kappa shape index (κ1) is 12.9. The van der Waals surface area contributed by atoms with Gasteiger partial charge in [0.25, 0.3) is 0 Å². The molecule has 0 bridgehead atoms. The first-order valence-corrected chi connectivity index (χ1v) is 5.77. The van der Waals surface area contributed by atoms with Gasteiger partial charge in [0.1, 0.15) is 5.82 Å². The summed E-state index contributed by atoms with van der Waals surface area (Å²) >= 11 is 0. The number of pyridine rings is 1. The van der Waals surface area contributed by atoms with Crippen molar-refractivity contribution in [3.8, 4) is 0 Å². The monoisotopic (exact) mass is 261 g/mol. The van der Waals surface area contributed by atoms with Crippen LogP contribution in [0.1, 0.15) is 10.5 Å². The first-order valence-electron chi connectivity index (χ1n) is 5.77. The molecule has 0 radical (unpaired) electrons. The van der Waals surface area contributed by atoms with Crippen LogP contribution in [0.5, 0.6) is 0 Å². The van der Waals surface area contributed by atoms with Gasteiger partial charge in [-0.25, -0.2) is 9.78 Å². The van der Waals surface area contributed by atoms with Crippen molar-refractivity contribution in [3.63, 3.8) is 0 Å². The molecule has 7 nitrogen and oxygen atoms in total. The van der Waals surface area contributed by atoms with Crippen LogP contribution in [0.2, 0.25) is 0 Å². The second-order valence-electron chi connectivity index (χ2n) is 3.82. The number of methoxy groups -OCH3 is 1. The fourth-order valence-electron chi connectivity index (χ4n) is 1.55. The van der Waals surface area contributed by atoms with Crippen LogP contribution in [0.4, 0.5) is 11.5 Å². The Kier molecular flexibility index (Phi) is 3.97. The molecule has 19 heavy (non-hydrogen) atoms. The molecule has 0 unspecified atom stereocenters. The number of ether oxygens (including phenoxy) is 1. The van der Waals surface area contributed by atoms with E-state index < -0.39 is 5.97 Å². The summed E-state index contributed by atoms with van der Waals surface area (Å²) in [5.41, 5.74) is 6.49. The lowest BCUT2D eigenvalue weighted by atomic mass is 10.3. The number of nitrogens with two attached hydrogens (primary N) is 1. The summed E-state index contributed by atoms with van der Waals surface area (Å²) in [6, 6.07) is 5.00. The van der Waals surface area contributed by atoms with E-state index in [1.54, 1.807) is 16.9 Å². The van der Waals surface area contributed by atoms with Crippen LogP contribution < -0.4 is 11.1 Å². The average Bonchev–Trinajstić information content (AvgIpc) is 2.93. The van der Waals surface area contributed by atoms with Gasteiger partial charge in [-0.15, -0.1) is 0 Å². The Bertz CT molecular complexity index is 553. The molecule has 0 saturated carbocycles. The van der Waals surface area contributed by atoms with Crippen molar-refractivity contribution in [3.05, 3.63) is 36.3 Å². The third kappa shape index (κ3) is 3.21. The topological polar surface area (TPSA) is 95.1 Å². The lowest BCUT2D eigenvalue weighted by Gasteiger charge is -2.09. The zero-order valence-corrected chi connectivity index (χ0v) is 10.5. The summed E-state index contributed by atoms with van der Waals surface area (Å²) in [6.45, 7) is 1.28. The molecule has 2 aromatic rings. The summed E-state index contributed by atoms with van der Waals surface area (Å²) in [4.78, 5) is 15.5. The SMILES string of the molecule is COC(=O)c1ccc(N)c(NCCn2cccn2)n1. The quantitative estimate of drug-likeness (QED) is 0.771. The highest BCUT2D eigenvalue weighted by Gasteiger charge is 2.09. The summed E-state index contributed by atoms with van der Waals surface area (Å²) in [5.74, 6) is -0.0230. The van der Waals surface area contributed by atoms with Crippen molar-refractivity contribution in [2.75, 3.05) is 24.7 Å². The third-order valence-corrected chi connectivity index (χ3v) is 2.51. The van der Waals surface area contributed by atoms with Crippen LogP contribution in [0.15, 0.2) is 30.6 Å². The second-order valence-corrected chi connectivity index (χ2v) is 3.82. The van der Waals surface area contributed by atoms with E-state index in [0.717, 1.165) is 0 Å². The van der Waals surface area contributed by atoms with Gasteiger partial charge in [0.05, 0.1) is 19.3 Å². The number of carbonyl (C=O) groups is 1. The van der Waals surface area contributed by atoms with E-state index in [1.165, 1.54) is 13.2 Å². The van der Waals surface area contributed by atoms with Gasteiger partial charge in [0.15, 0.2) is 5.69 Å². The molecule has 7 heteroatoms. The molecular weight excluding hydrogens is 246 g/mol. The van der Waals surface area contributed by atoms with Crippen molar-refractivity contribution < 1.29 is 9.53 Å². The number of rotatable bonds is 5. The van der Waals surface area contributed by atoms with Crippen molar-refractivity contribution in [2.45, 2.75) is 6.54 Å². The maximum absolute atomic E-state index is 11.4. The predicted molar refractivity (Wildman–Crippen MR) is 70.7 cm³/mol. The second kappa shape index (κ2) is 5.85. The Morgan fingerprint density at radius 3 is 3.05 bits per heavy atom. The fourth-order valence-corrected chi connectivity index (χ4v) is 1.55. The van der Waals surface area contributed by atoms with E-state index >= 15 is 0 Å². The lowest BCUT2D eigenvalue weighted by Crippen LogP contribution is -2.14. The number of carbonyl (C=O) groups excluding carboxylic acids is 1. The number of hydrogen-bond acceptors (Lipinski definition) is 6. The Balaban J connectivity index is 2.00. The number of esters is 1. The number of aromatic nitrogens is 3. The normalized spacial score (nSPS) is 10.2. The Labute approximate surface area is 110 Å². The van der Waals surface area contributed by atoms with Crippen LogP contribution in [0.3, 0.4) is 0 Å². The molecule has 2 heterocycles. The van der Waals surface area contributed by atoms with Crippen molar-refractivity contribution >= 4 is 17.5 Å². The molecule has 0 aliphatic rings. The molecule has 0 amide bonds. The maximum atomic E-state index is 11.4. The highest BCUT2D eigenvalue weighted by Crippen LogP contribution is 2.15.